The lowest BCUT2D eigenvalue weighted by molar-refractivity contribution is 0.329. The first-order valence-electron chi connectivity index (χ1n) is 3.53. The fourth-order valence-electron chi connectivity index (χ4n) is 0.764. The van der Waals surface area contributed by atoms with Gasteiger partial charge in [-0.25, -0.2) is 0 Å². The van der Waals surface area contributed by atoms with Crippen molar-refractivity contribution in [2.45, 2.75) is 6.92 Å². The average molecular weight is 163 g/mol. The minimum atomic E-state index is 0.0412. The highest BCUT2D eigenvalue weighted by atomic mass is 16.5. The van der Waals surface area contributed by atoms with Crippen LogP contribution in [0.4, 0.5) is 0 Å². The fourth-order valence-corrected chi connectivity index (χ4v) is 0.764. The number of aryl methyl sites for hydroxylation is 1. The van der Waals surface area contributed by atoms with Gasteiger partial charge in [0.2, 0.25) is 0 Å². The summed E-state index contributed by atoms with van der Waals surface area (Å²) in [5, 5.41) is 3.25. The molecular weight excluding hydrogens is 154 g/mol. The van der Waals surface area contributed by atoms with Crippen LogP contribution in [0.1, 0.15) is 5.56 Å². The van der Waals surface area contributed by atoms with Crippen molar-refractivity contribution in [2.24, 2.45) is 5.11 Å². The third-order valence-corrected chi connectivity index (χ3v) is 1.37. The Kier molecular flexibility index (Phi) is 2.99. The molecule has 0 atom stereocenters. The lowest BCUT2D eigenvalue weighted by Crippen LogP contribution is -1.91. The molecule has 0 saturated heterocycles. The molecule has 0 spiro atoms. The third kappa shape index (κ3) is 2.52. The van der Waals surface area contributed by atoms with Gasteiger partial charge in [-0.2, -0.15) is 0 Å². The molecule has 0 radical (unpaired) electrons. The van der Waals surface area contributed by atoms with E-state index in [1.807, 2.05) is 31.2 Å². The van der Waals surface area contributed by atoms with Crippen molar-refractivity contribution in [1.82, 2.24) is 0 Å². The molecule has 4 nitrogen and oxygen atoms in total. The second kappa shape index (κ2) is 4.26. The van der Waals surface area contributed by atoms with Crippen molar-refractivity contribution >= 4 is 0 Å². The van der Waals surface area contributed by atoms with E-state index in [-0.39, 0.29) is 6.73 Å². The van der Waals surface area contributed by atoms with Crippen molar-refractivity contribution < 1.29 is 4.74 Å². The predicted molar refractivity (Wildman–Crippen MR) is 45.8 cm³/mol. The zero-order valence-corrected chi connectivity index (χ0v) is 6.77. The highest BCUT2D eigenvalue weighted by Gasteiger charge is 1.89. The molecule has 1 rings (SSSR count). The van der Waals surface area contributed by atoms with Gasteiger partial charge in [-0.1, -0.05) is 22.8 Å². The van der Waals surface area contributed by atoms with Gasteiger partial charge in [-0.3, -0.25) is 0 Å². The number of nitrogens with zero attached hydrogens (tertiary/aromatic N) is 3. The number of hydrogen-bond donors (Lipinski definition) is 0. The van der Waals surface area contributed by atoms with Crippen LogP contribution in [0.3, 0.4) is 0 Å². The van der Waals surface area contributed by atoms with Crippen LogP contribution in [0.2, 0.25) is 0 Å². The Morgan fingerprint density at radius 3 is 2.67 bits per heavy atom. The summed E-state index contributed by atoms with van der Waals surface area (Å²) in [6, 6.07) is 7.54. The van der Waals surface area contributed by atoms with E-state index in [2.05, 4.69) is 10.0 Å². The SMILES string of the molecule is Cc1ccc(OCN=[N+]=[N-])cc1. The number of benzene rings is 1. The molecule has 12 heavy (non-hydrogen) atoms. The number of hydrogen-bond acceptors (Lipinski definition) is 2. The van der Waals surface area contributed by atoms with Crippen molar-refractivity contribution in [1.29, 1.82) is 0 Å². The molecule has 0 heterocycles. The highest BCUT2D eigenvalue weighted by molar-refractivity contribution is 5.26. The molecular formula is C8H9N3O. The molecule has 1 aromatic rings. The van der Waals surface area contributed by atoms with Crippen LogP contribution < -0.4 is 4.74 Å². The first-order valence-corrected chi connectivity index (χ1v) is 3.53. The zero-order chi connectivity index (χ0) is 8.81. The van der Waals surface area contributed by atoms with Crippen LogP contribution in [0.25, 0.3) is 10.4 Å². The maximum atomic E-state index is 7.97. The van der Waals surface area contributed by atoms with Crippen LogP contribution in [-0.2, 0) is 0 Å². The minimum absolute atomic E-state index is 0.0412. The standard InChI is InChI=1S/C8H9N3O/c1-7-2-4-8(5-3-7)12-6-10-11-9/h2-5H,6H2,1H3. The molecule has 0 aromatic heterocycles. The van der Waals surface area contributed by atoms with Crippen molar-refractivity contribution in [2.75, 3.05) is 6.73 Å². The Morgan fingerprint density at radius 2 is 2.08 bits per heavy atom. The van der Waals surface area contributed by atoms with E-state index in [0.29, 0.717) is 5.75 Å². The molecule has 0 fully saturated rings. The molecule has 62 valence electrons. The summed E-state index contributed by atoms with van der Waals surface area (Å²) in [6.07, 6.45) is 0. The van der Waals surface area contributed by atoms with E-state index < -0.39 is 0 Å². The summed E-state index contributed by atoms with van der Waals surface area (Å²) in [5.41, 5.74) is 9.14. The van der Waals surface area contributed by atoms with Gasteiger partial charge in [-0.15, -0.1) is 0 Å². The predicted octanol–water partition coefficient (Wildman–Crippen LogP) is 2.64. The van der Waals surface area contributed by atoms with Crippen LogP contribution in [0.5, 0.6) is 5.75 Å². The quantitative estimate of drug-likeness (QED) is 0.384. The summed E-state index contributed by atoms with van der Waals surface area (Å²) in [4.78, 5) is 2.57. The van der Waals surface area contributed by atoms with Crippen LogP contribution in [0.15, 0.2) is 29.4 Å². The van der Waals surface area contributed by atoms with E-state index in [1.54, 1.807) is 0 Å². The van der Waals surface area contributed by atoms with Crippen molar-refractivity contribution in [3.8, 4) is 5.75 Å². The highest BCUT2D eigenvalue weighted by Crippen LogP contribution is 2.10. The largest absolute Gasteiger partial charge is 0.488 e. The number of ether oxygens (including phenoxy) is 1. The van der Waals surface area contributed by atoms with Crippen LogP contribution in [-0.4, -0.2) is 6.73 Å². The van der Waals surface area contributed by atoms with Gasteiger partial charge in [-0.05, 0) is 24.6 Å². The molecule has 0 N–H and O–H groups in total. The normalized spacial score (nSPS) is 8.75. The second-order valence-electron chi connectivity index (χ2n) is 2.32. The van der Waals surface area contributed by atoms with Crippen molar-refractivity contribution in [3.05, 3.63) is 40.3 Å². The third-order valence-electron chi connectivity index (χ3n) is 1.37. The van der Waals surface area contributed by atoms with Gasteiger partial charge in [0, 0.05) is 4.91 Å². The van der Waals surface area contributed by atoms with Crippen molar-refractivity contribution in [3.63, 3.8) is 0 Å². The molecule has 0 aliphatic rings. The molecule has 1 aromatic carbocycles. The molecule has 0 amide bonds. The van der Waals surface area contributed by atoms with Gasteiger partial charge in [0.25, 0.3) is 0 Å². The molecule has 0 aliphatic carbocycles. The summed E-state index contributed by atoms with van der Waals surface area (Å²) < 4.78 is 5.08. The van der Waals surface area contributed by atoms with E-state index in [9.17, 15) is 0 Å². The maximum absolute atomic E-state index is 7.97. The summed E-state index contributed by atoms with van der Waals surface area (Å²) in [6.45, 7) is 2.04. The lowest BCUT2D eigenvalue weighted by atomic mass is 10.2. The number of rotatable bonds is 3. The van der Waals surface area contributed by atoms with Gasteiger partial charge in [0.15, 0.2) is 6.73 Å². The second-order valence-corrected chi connectivity index (χ2v) is 2.32. The van der Waals surface area contributed by atoms with E-state index in [0.717, 1.165) is 0 Å². The van der Waals surface area contributed by atoms with Crippen LogP contribution in [0, 0.1) is 6.92 Å². The Bertz CT molecular complexity index is 288. The summed E-state index contributed by atoms with van der Waals surface area (Å²) in [7, 11) is 0. The smallest absolute Gasteiger partial charge is 0.167 e. The van der Waals surface area contributed by atoms with Gasteiger partial charge < -0.3 is 4.74 Å². The monoisotopic (exact) mass is 163 g/mol. The zero-order valence-electron chi connectivity index (χ0n) is 6.77. The Labute approximate surface area is 70.4 Å². The number of azide groups is 1. The van der Waals surface area contributed by atoms with Gasteiger partial charge in [0.1, 0.15) is 5.75 Å². The first kappa shape index (κ1) is 8.43. The van der Waals surface area contributed by atoms with Crippen LogP contribution >= 0.6 is 0 Å². The Morgan fingerprint density at radius 1 is 1.42 bits per heavy atom. The molecule has 0 saturated carbocycles. The first-order chi connectivity index (χ1) is 5.83. The molecule has 0 unspecified atom stereocenters. The molecule has 0 bridgehead atoms. The molecule has 0 aliphatic heterocycles. The van der Waals surface area contributed by atoms with E-state index in [1.165, 1.54) is 5.56 Å². The topological polar surface area (TPSA) is 58.0 Å². The minimum Gasteiger partial charge on any atom is -0.488 e. The summed E-state index contributed by atoms with van der Waals surface area (Å²) in [5.74, 6) is 0.716. The van der Waals surface area contributed by atoms with E-state index >= 15 is 0 Å². The van der Waals surface area contributed by atoms with Gasteiger partial charge in [0.05, 0.1) is 0 Å². The lowest BCUT2D eigenvalue weighted by Gasteiger charge is -2.01. The van der Waals surface area contributed by atoms with E-state index in [4.69, 9.17) is 10.3 Å². The Balaban J connectivity index is 2.53. The average Bonchev–Trinajstić information content (AvgIpc) is 2.09. The maximum Gasteiger partial charge on any atom is 0.167 e. The summed E-state index contributed by atoms with van der Waals surface area (Å²) >= 11 is 0. The fraction of sp³-hybridized carbons (Fsp3) is 0.250. The van der Waals surface area contributed by atoms with Gasteiger partial charge >= 0.3 is 0 Å². The molecule has 4 heteroatoms. The Hall–Kier alpha value is -1.67.